The lowest BCUT2D eigenvalue weighted by atomic mass is 9.93. The fourth-order valence-electron chi connectivity index (χ4n) is 2.21. The van der Waals surface area contributed by atoms with E-state index in [1.807, 2.05) is 0 Å². The van der Waals surface area contributed by atoms with E-state index in [9.17, 15) is 9.18 Å². The van der Waals surface area contributed by atoms with E-state index in [1.165, 1.54) is 25.1 Å². The van der Waals surface area contributed by atoms with E-state index >= 15 is 0 Å². The highest BCUT2D eigenvalue weighted by atomic mass is 19.1. The summed E-state index contributed by atoms with van der Waals surface area (Å²) in [6, 6.07) is 1.26. The monoisotopic (exact) mass is 236 g/mol. The van der Waals surface area contributed by atoms with Crippen molar-refractivity contribution in [3.05, 3.63) is 29.8 Å². The van der Waals surface area contributed by atoms with Crippen LogP contribution in [0.2, 0.25) is 0 Å². The lowest BCUT2D eigenvalue weighted by Gasteiger charge is -2.22. The maximum absolute atomic E-state index is 12.9. The van der Waals surface area contributed by atoms with Crippen molar-refractivity contribution in [2.24, 2.45) is 5.92 Å². The quantitative estimate of drug-likeness (QED) is 0.815. The highest BCUT2D eigenvalue weighted by Gasteiger charge is 2.15. The predicted molar refractivity (Wildman–Crippen MR) is 63.4 cm³/mol. The van der Waals surface area contributed by atoms with Crippen LogP contribution in [-0.2, 0) is 0 Å². The van der Waals surface area contributed by atoms with Gasteiger partial charge in [0.1, 0.15) is 5.82 Å². The minimum Gasteiger partial charge on any atom is -0.316 e. The van der Waals surface area contributed by atoms with Gasteiger partial charge in [-0.05, 0) is 44.3 Å². The van der Waals surface area contributed by atoms with Crippen molar-refractivity contribution in [3.63, 3.8) is 0 Å². The molecular formula is C13H17FN2O. The molecule has 92 valence electrons. The second-order valence-electron chi connectivity index (χ2n) is 4.57. The molecular weight excluding hydrogens is 219 g/mol. The fourth-order valence-corrected chi connectivity index (χ4v) is 2.21. The molecule has 1 N–H and O–H groups in total. The van der Waals surface area contributed by atoms with Gasteiger partial charge >= 0.3 is 0 Å². The topological polar surface area (TPSA) is 42.0 Å². The third-order valence-electron chi connectivity index (χ3n) is 3.21. The standard InChI is InChI=1S/C13H17FN2O/c14-12-6-11(8-16-9-12)13(17)4-3-10-2-1-5-15-7-10/h6,8-10,15H,1-5,7H2. The Morgan fingerprint density at radius 3 is 3.12 bits per heavy atom. The van der Waals surface area contributed by atoms with Gasteiger partial charge in [0.15, 0.2) is 5.78 Å². The maximum Gasteiger partial charge on any atom is 0.164 e. The molecule has 0 aromatic carbocycles. The van der Waals surface area contributed by atoms with E-state index in [4.69, 9.17) is 0 Å². The van der Waals surface area contributed by atoms with Gasteiger partial charge < -0.3 is 5.32 Å². The van der Waals surface area contributed by atoms with Gasteiger partial charge in [-0.25, -0.2) is 4.39 Å². The molecule has 0 saturated carbocycles. The number of pyridine rings is 1. The van der Waals surface area contributed by atoms with Gasteiger partial charge in [-0.3, -0.25) is 9.78 Å². The lowest BCUT2D eigenvalue weighted by molar-refractivity contribution is 0.0970. The molecule has 3 nitrogen and oxygen atoms in total. The molecule has 2 rings (SSSR count). The number of aromatic nitrogens is 1. The smallest absolute Gasteiger partial charge is 0.164 e. The molecule has 0 radical (unpaired) electrons. The van der Waals surface area contributed by atoms with Crippen molar-refractivity contribution in [2.45, 2.75) is 25.7 Å². The number of carbonyl (C=O) groups is 1. The summed E-state index contributed by atoms with van der Waals surface area (Å²) in [5, 5.41) is 3.32. The molecule has 0 spiro atoms. The maximum atomic E-state index is 12.9. The Bertz CT molecular complexity index is 389. The summed E-state index contributed by atoms with van der Waals surface area (Å²) in [5.74, 6) is 0.118. The van der Waals surface area contributed by atoms with Crippen LogP contribution in [0.15, 0.2) is 18.5 Å². The van der Waals surface area contributed by atoms with Gasteiger partial charge in [0.05, 0.1) is 6.20 Å². The van der Waals surface area contributed by atoms with Crippen LogP contribution >= 0.6 is 0 Å². The Hall–Kier alpha value is -1.29. The van der Waals surface area contributed by atoms with Gasteiger partial charge in [0.2, 0.25) is 0 Å². The molecule has 1 fully saturated rings. The molecule has 1 aliphatic heterocycles. The third-order valence-corrected chi connectivity index (χ3v) is 3.21. The van der Waals surface area contributed by atoms with Crippen LogP contribution < -0.4 is 5.32 Å². The molecule has 1 aliphatic rings. The van der Waals surface area contributed by atoms with E-state index in [0.717, 1.165) is 25.7 Å². The molecule has 2 heterocycles. The highest BCUT2D eigenvalue weighted by Crippen LogP contribution is 2.17. The van der Waals surface area contributed by atoms with Gasteiger partial charge in [-0.15, -0.1) is 0 Å². The molecule has 0 bridgehead atoms. The van der Waals surface area contributed by atoms with Crippen LogP contribution in [0.3, 0.4) is 0 Å². The average molecular weight is 236 g/mol. The minimum absolute atomic E-state index is 0.0115. The van der Waals surface area contributed by atoms with E-state index in [0.29, 0.717) is 17.9 Å². The first kappa shape index (κ1) is 12.2. The first-order valence-corrected chi connectivity index (χ1v) is 6.10. The van der Waals surface area contributed by atoms with Crippen molar-refractivity contribution in [1.29, 1.82) is 0 Å². The molecule has 1 unspecified atom stereocenters. The second kappa shape index (κ2) is 5.87. The number of carbonyl (C=O) groups excluding carboxylic acids is 1. The van der Waals surface area contributed by atoms with Crippen LogP contribution in [0, 0.1) is 11.7 Å². The van der Waals surface area contributed by atoms with Crippen molar-refractivity contribution in [1.82, 2.24) is 10.3 Å². The largest absolute Gasteiger partial charge is 0.316 e. The number of Topliss-reactive ketones (excluding diaryl/α,β-unsaturated/α-hetero) is 1. The van der Waals surface area contributed by atoms with Gasteiger partial charge in [-0.2, -0.15) is 0 Å². The van der Waals surface area contributed by atoms with Gasteiger partial charge in [0, 0.05) is 18.2 Å². The van der Waals surface area contributed by atoms with Crippen molar-refractivity contribution in [3.8, 4) is 0 Å². The van der Waals surface area contributed by atoms with Crippen LogP contribution in [0.25, 0.3) is 0 Å². The number of hydrogen-bond donors (Lipinski definition) is 1. The summed E-state index contributed by atoms with van der Waals surface area (Å²) in [7, 11) is 0. The Morgan fingerprint density at radius 2 is 2.41 bits per heavy atom. The van der Waals surface area contributed by atoms with E-state index < -0.39 is 5.82 Å². The minimum atomic E-state index is -0.449. The zero-order valence-electron chi connectivity index (χ0n) is 9.79. The molecule has 0 aliphatic carbocycles. The number of halogens is 1. The Labute approximate surface area is 100 Å². The number of nitrogens with one attached hydrogen (secondary N) is 1. The second-order valence-corrected chi connectivity index (χ2v) is 4.57. The van der Waals surface area contributed by atoms with E-state index in [1.54, 1.807) is 0 Å². The number of nitrogens with zero attached hydrogens (tertiary/aromatic N) is 1. The van der Waals surface area contributed by atoms with Crippen LogP contribution in [0.1, 0.15) is 36.0 Å². The van der Waals surface area contributed by atoms with Crippen molar-refractivity contribution >= 4 is 5.78 Å². The summed E-state index contributed by atoms with van der Waals surface area (Å²) in [6.45, 7) is 2.08. The van der Waals surface area contributed by atoms with E-state index in [-0.39, 0.29) is 5.78 Å². The lowest BCUT2D eigenvalue weighted by Crippen LogP contribution is -2.30. The highest BCUT2D eigenvalue weighted by molar-refractivity contribution is 5.95. The Kier molecular flexibility index (Phi) is 4.20. The number of hydrogen-bond acceptors (Lipinski definition) is 3. The molecule has 17 heavy (non-hydrogen) atoms. The summed E-state index contributed by atoms with van der Waals surface area (Å²) in [5.41, 5.74) is 0.383. The summed E-state index contributed by atoms with van der Waals surface area (Å²) >= 11 is 0. The SMILES string of the molecule is O=C(CCC1CCCNC1)c1cncc(F)c1. The van der Waals surface area contributed by atoms with Crippen molar-refractivity contribution < 1.29 is 9.18 Å². The summed E-state index contributed by atoms with van der Waals surface area (Å²) in [4.78, 5) is 15.5. The molecule has 1 aromatic rings. The molecule has 1 aromatic heterocycles. The summed E-state index contributed by atoms with van der Waals surface area (Å²) < 4.78 is 12.9. The van der Waals surface area contributed by atoms with Gasteiger partial charge in [-0.1, -0.05) is 0 Å². The van der Waals surface area contributed by atoms with E-state index in [2.05, 4.69) is 10.3 Å². The normalized spacial score (nSPS) is 20.2. The zero-order chi connectivity index (χ0) is 12.1. The first-order valence-electron chi connectivity index (χ1n) is 6.10. The Balaban J connectivity index is 1.84. The van der Waals surface area contributed by atoms with Gasteiger partial charge in [0.25, 0.3) is 0 Å². The van der Waals surface area contributed by atoms with Crippen LogP contribution in [0.5, 0.6) is 0 Å². The number of ketones is 1. The molecule has 4 heteroatoms. The number of piperidine rings is 1. The third kappa shape index (κ3) is 3.60. The summed E-state index contributed by atoms with van der Waals surface area (Å²) in [6.07, 6.45) is 6.27. The molecule has 1 atom stereocenters. The molecule has 0 amide bonds. The number of rotatable bonds is 4. The zero-order valence-corrected chi connectivity index (χ0v) is 9.79. The first-order chi connectivity index (χ1) is 8.25. The van der Waals surface area contributed by atoms with Crippen LogP contribution in [0.4, 0.5) is 4.39 Å². The Morgan fingerprint density at radius 1 is 1.53 bits per heavy atom. The average Bonchev–Trinajstić information content (AvgIpc) is 2.37. The van der Waals surface area contributed by atoms with Crippen molar-refractivity contribution in [2.75, 3.05) is 13.1 Å². The fraction of sp³-hybridized carbons (Fsp3) is 0.538. The predicted octanol–water partition coefficient (Wildman–Crippen LogP) is 2.18. The van der Waals surface area contributed by atoms with Crippen LogP contribution in [-0.4, -0.2) is 23.9 Å². The molecule has 1 saturated heterocycles.